The molecule has 266 valence electrons. The van der Waals surface area contributed by atoms with E-state index in [-0.39, 0.29) is 81.2 Å². The van der Waals surface area contributed by atoms with E-state index in [1.165, 1.54) is 6.92 Å². The maximum atomic E-state index is 13.1. The topological polar surface area (TPSA) is 261 Å². The second kappa shape index (κ2) is 19.2. The fourth-order valence-corrected chi connectivity index (χ4v) is 5.78. The predicted octanol–water partition coefficient (Wildman–Crippen LogP) is -2.27. The van der Waals surface area contributed by atoms with Crippen LogP contribution in [0.2, 0.25) is 0 Å². The third kappa shape index (κ3) is 11.4. The lowest BCUT2D eigenvalue weighted by Gasteiger charge is -2.40. The number of amides is 1. The lowest BCUT2D eigenvalue weighted by Crippen LogP contribution is -2.59. The molecule has 12 unspecified atom stereocenters. The number of carbonyl (C=O) groups excluding carboxylic acids is 4. The van der Waals surface area contributed by atoms with E-state index in [0.717, 1.165) is 0 Å². The molecule has 1 heterocycles. The van der Waals surface area contributed by atoms with Gasteiger partial charge in [-0.2, -0.15) is 0 Å². The lowest BCUT2D eigenvalue weighted by molar-refractivity contribution is -0.302. The molecule has 1 aliphatic carbocycles. The summed E-state index contributed by atoms with van der Waals surface area (Å²) < 4.78 is 10.7. The van der Waals surface area contributed by atoms with Crippen molar-refractivity contribution in [3.8, 4) is 0 Å². The molecular weight excluding hydrogens is 610 g/mol. The Balaban J connectivity index is 1.95. The summed E-state index contributed by atoms with van der Waals surface area (Å²) in [6, 6.07) is -0.993. The van der Waals surface area contributed by atoms with Crippen molar-refractivity contribution in [2.45, 2.75) is 127 Å². The summed E-state index contributed by atoms with van der Waals surface area (Å²) in [7, 11) is 0. The van der Waals surface area contributed by atoms with Gasteiger partial charge in [0.15, 0.2) is 12.1 Å². The monoisotopic (exact) mass is 663 g/mol. The quantitative estimate of drug-likeness (QED) is 0.0706. The first-order valence-corrected chi connectivity index (χ1v) is 16.1. The maximum absolute atomic E-state index is 13.1. The Labute approximate surface area is 268 Å². The average molecular weight is 664 g/mol. The van der Waals surface area contributed by atoms with Gasteiger partial charge in [0.05, 0.1) is 31.5 Å². The van der Waals surface area contributed by atoms with Crippen LogP contribution in [0.4, 0.5) is 0 Å². The van der Waals surface area contributed by atoms with E-state index in [0.29, 0.717) is 0 Å². The Bertz CT molecular complexity index is 990. The molecule has 12 atom stereocenters. The smallest absolute Gasteiger partial charge is 0.221 e. The van der Waals surface area contributed by atoms with Crippen molar-refractivity contribution in [1.29, 1.82) is 0 Å². The minimum Gasteiger partial charge on any atom is -0.396 e. The van der Waals surface area contributed by atoms with Crippen molar-refractivity contribution in [2.24, 2.45) is 23.7 Å². The molecule has 15 heteroatoms. The minimum atomic E-state index is -1.63. The zero-order valence-corrected chi connectivity index (χ0v) is 26.8. The summed E-state index contributed by atoms with van der Waals surface area (Å²) in [5, 5.41) is 82.2. The number of rotatable bonds is 19. The summed E-state index contributed by atoms with van der Waals surface area (Å²) in [4.78, 5) is 50.7. The van der Waals surface area contributed by atoms with Crippen LogP contribution in [0.15, 0.2) is 0 Å². The molecule has 1 saturated carbocycles. The van der Waals surface area contributed by atoms with Crippen LogP contribution in [-0.4, -0.2) is 139 Å². The van der Waals surface area contributed by atoms with Crippen LogP contribution in [0.1, 0.15) is 72.1 Å². The van der Waals surface area contributed by atoms with Crippen LogP contribution >= 0.6 is 0 Å². The molecule has 0 radical (unpaired) electrons. The van der Waals surface area contributed by atoms with Gasteiger partial charge in [-0.05, 0) is 31.6 Å². The third-order valence-corrected chi connectivity index (χ3v) is 9.05. The van der Waals surface area contributed by atoms with Crippen LogP contribution in [-0.2, 0) is 28.7 Å². The van der Waals surface area contributed by atoms with Gasteiger partial charge in [-0.15, -0.1) is 0 Å². The molecule has 1 aliphatic heterocycles. The van der Waals surface area contributed by atoms with Crippen molar-refractivity contribution in [3.05, 3.63) is 0 Å². The van der Waals surface area contributed by atoms with Gasteiger partial charge in [-0.3, -0.25) is 19.2 Å². The highest BCUT2D eigenvalue weighted by molar-refractivity contribution is 5.91. The fraction of sp³-hybridized carbons (Fsp3) is 0.871. The van der Waals surface area contributed by atoms with Crippen LogP contribution in [0, 0.1) is 23.7 Å². The Morgan fingerprint density at radius 3 is 1.96 bits per heavy atom. The van der Waals surface area contributed by atoms with E-state index in [4.69, 9.17) is 9.47 Å². The summed E-state index contributed by atoms with van der Waals surface area (Å²) in [5.74, 6) is -3.44. The van der Waals surface area contributed by atoms with Gasteiger partial charge < -0.3 is 55.6 Å². The van der Waals surface area contributed by atoms with Crippen molar-refractivity contribution >= 4 is 23.3 Å². The molecule has 46 heavy (non-hydrogen) atoms. The summed E-state index contributed by atoms with van der Waals surface area (Å²) in [6.07, 6.45) is -10.9. The molecular formula is C31H53NO14. The standard InChI is InChI=1S/C31H53NO14/c1-15(2)20(35)5-4-6-22(37)19(8-7-17-11-18(12-33)26(40)28(42)25(17)39)32-24(38)10-9-21(36)16(3)14-45-31-30(44)29(43)27(41)23(13-34)46-31/h15-19,23,25-31,33-34,39-44H,4-14H2,1-3H3,(H,32,38). The average Bonchev–Trinajstić information content (AvgIpc) is 3.03. The number of hydrogen-bond donors (Lipinski definition) is 9. The van der Waals surface area contributed by atoms with Gasteiger partial charge in [0.25, 0.3) is 0 Å². The number of ketones is 3. The number of Topliss-reactive ketones (excluding diaryl/α,β-unsaturated/α-hetero) is 3. The predicted molar refractivity (Wildman–Crippen MR) is 160 cm³/mol. The molecule has 2 aliphatic rings. The van der Waals surface area contributed by atoms with E-state index in [9.17, 15) is 60.0 Å². The molecule has 1 amide bonds. The highest BCUT2D eigenvalue weighted by atomic mass is 16.7. The van der Waals surface area contributed by atoms with E-state index in [1.54, 1.807) is 13.8 Å². The number of aliphatic hydroxyl groups excluding tert-OH is 8. The number of ether oxygens (including phenoxy) is 2. The maximum Gasteiger partial charge on any atom is 0.221 e. The zero-order valence-electron chi connectivity index (χ0n) is 26.8. The van der Waals surface area contributed by atoms with E-state index < -0.39 is 91.9 Å². The van der Waals surface area contributed by atoms with E-state index in [1.807, 2.05) is 0 Å². The molecule has 9 N–H and O–H groups in total. The second-order valence-corrected chi connectivity index (χ2v) is 12.9. The first kappa shape index (κ1) is 40.3. The van der Waals surface area contributed by atoms with Crippen molar-refractivity contribution in [1.82, 2.24) is 5.32 Å². The van der Waals surface area contributed by atoms with Crippen LogP contribution in [0.25, 0.3) is 0 Å². The lowest BCUT2D eigenvalue weighted by atomic mass is 9.74. The number of nitrogens with one attached hydrogen (secondary N) is 1. The highest BCUT2D eigenvalue weighted by Crippen LogP contribution is 2.33. The molecule has 2 fully saturated rings. The van der Waals surface area contributed by atoms with Crippen molar-refractivity contribution < 1.29 is 69.5 Å². The van der Waals surface area contributed by atoms with E-state index >= 15 is 0 Å². The van der Waals surface area contributed by atoms with Gasteiger partial charge in [-0.1, -0.05) is 20.8 Å². The Kier molecular flexibility index (Phi) is 16.8. The van der Waals surface area contributed by atoms with Gasteiger partial charge in [-0.25, -0.2) is 0 Å². The zero-order chi connectivity index (χ0) is 34.7. The molecule has 1 saturated heterocycles. The van der Waals surface area contributed by atoms with Crippen LogP contribution in [0.3, 0.4) is 0 Å². The van der Waals surface area contributed by atoms with Gasteiger partial charge in [0.1, 0.15) is 42.1 Å². The number of aliphatic hydroxyl groups is 8. The number of hydrogen-bond acceptors (Lipinski definition) is 14. The summed E-state index contributed by atoms with van der Waals surface area (Å²) in [5.41, 5.74) is 0. The molecule has 2 rings (SSSR count). The second-order valence-electron chi connectivity index (χ2n) is 12.9. The fourth-order valence-electron chi connectivity index (χ4n) is 5.78. The van der Waals surface area contributed by atoms with E-state index in [2.05, 4.69) is 5.32 Å². The van der Waals surface area contributed by atoms with Crippen molar-refractivity contribution in [2.75, 3.05) is 19.8 Å². The van der Waals surface area contributed by atoms with Crippen LogP contribution < -0.4 is 5.32 Å². The Morgan fingerprint density at radius 1 is 0.739 bits per heavy atom. The largest absolute Gasteiger partial charge is 0.396 e. The summed E-state index contributed by atoms with van der Waals surface area (Å²) in [6.45, 7) is 3.76. The van der Waals surface area contributed by atoms with Crippen molar-refractivity contribution in [3.63, 3.8) is 0 Å². The SMILES string of the molecule is CC(C)C(=O)CCCC(=O)C(CCC1CC(CO)C(O)C(O)C1O)NC(=O)CCC(=O)C(C)COC1OC(CO)C(O)C(O)C1O. The summed E-state index contributed by atoms with van der Waals surface area (Å²) >= 11 is 0. The Morgan fingerprint density at radius 2 is 1.35 bits per heavy atom. The number of carbonyl (C=O) groups is 4. The molecule has 0 bridgehead atoms. The van der Waals surface area contributed by atoms with Crippen LogP contribution in [0.5, 0.6) is 0 Å². The van der Waals surface area contributed by atoms with Gasteiger partial charge in [0.2, 0.25) is 5.91 Å². The molecule has 15 nitrogen and oxygen atoms in total. The minimum absolute atomic E-state index is 0.00413. The first-order chi connectivity index (χ1) is 21.6. The third-order valence-electron chi connectivity index (χ3n) is 9.05. The highest BCUT2D eigenvalue weighted by Gasteiger charge is 2.44. The molecule has 0 aromatic carbocycles. The van der Waals surface area contributed by atoms with Gasteiger partial charge >= 0.3 is 0 Å². The molecule has 0 aromatic heterocycles. The molecule has 0 spiro atoms. The van der Waals surface area contributed by atoms with Gasteiger partial charge in [0, 0.05) is 50.0 Å². The Hall–Kier alpha value is -1.92. The first-order valence-electron chi connectivity index (χ1n) is 16.1. The normalized spacial score (nSPS) is 33.0. The molecule has 0 aromatic rings.